The van der Waals surface area contributed by atoms with Gasteiger partial charge in [0.1, 0.15) is 5.78 Å². The van der Waals surface area contributed by atoms with Gasteiger partial charge in [-0.3, -0.25) is 4.79 Å². The standard InChI is InChI=1S/C12H22O4S/c1-6-11(13)10(4)12(14)8(2)7-9(3)17(5,15)16/h7,9-10,12,14H,6H2,1-5H3/b8-7-/t9-,10-,12-/m1/s1. The predicted octanol–water partition coefficient (Wildman–Crippen LogP) is 1.34. The third-order valence-electron chi connectivity index (χ3n) is 2.97. The fraction of sp³-hybridized carbons (Fsp3) is 0.750. The maximum atomic E-state index is 11.4. The SMILES string of the molecule is CCC(=O)[C@@H](C)[C@H](O)/C(C)=C\[C@@H](C)S(C)(=O)=O. The molecule has 5 heteroatoms. The Morgan fingerprint density at radius 2 is 1.82 bits per heavy atom. The molecule has 4 nitrogen and oxygen atoms in total. The molecule has 0 aliphatic carbocycles. The van der Waals surface area contributed by atoms with Gasteiger partial charge in [-0.05, 0) is 19.4 Å². The number of Topliss-reactive ketones (excluding diaryl/α,β-unsaturated/α-hetero) is 1. The van der Waals surface area contributed by atoms with Crippen LogP contribution in [0.2, 0.25) is 0 Å². The van der Waals surface area contributed by atoms with Crippen LogP contribution in [0, 0.1) is 5.92 Å². The molecule has 0 aliphatic heterocycles. The van der Waals surface area contributed by atoms with Gasteiger partial charge in [0.15, 0.2) is 9.84 Å². The largest absolute Gasteiger partial charge is 0.388 e. The van der Waals surface area contributed by atoms with E-state index in [1.165, 1.54) is 6.08 Å². The van der Waals surface area contributed by atoms with Gasteiger partial charge in [0.05, 0.1) is 11.4 Å². The molecule has 0 rings (SSSR count). The lowest BCUT2D eigenvalue weighted by Gasteiger charge is -2.19. The minimum Gasteiger partial charge on any atom is -0.388 e. The second kappa shape index (κ2) is 6.31. The van der Waals surface area contributed by atoms with E-state index in [1.54, 1.807) is 27.7 Å². The average molecular weight is 262 g/mol. The van der Waals surface area contributed by atoms with E-state index in [2.05, 4.69) is 0 Å². The van der Waals surface area contributed by atoms with Crippen LogP contribution < -0.4 is 0 Å². The Bertz CT molecular complexity index is 395. The van der Waals surface area contributed by atoms with Crippen LogP contribution in [-0.2, 0) is 14.6 Å². The van der Waals surface area contributed by atoms with Gasteiger partial charge in [0.25, 0.3) is 0 Å². The van der Waals surface area contributed by atoms with Crippen molar-refractivity contribution in [2.75, 3.05) is 6.26 Å². The number of rotatable bonds is 6. The summed E-state index contributed by atoms with van der Waals surface area (Å²) in [6.07, 6.45) is 2.10. The number of carbonyl (C=O) groups is 1. The quantitative estimate of drug-likeness (QED) is 0.733. The molecule has 1 N–H and O–H groups in total. The molecule has 0 saturated carbocycles. The minimum atomic E-state index is -3.16. The monoisotopic (exact) mass is 262 g/mol. The topological polar surface area (TPSA) is 71.4 Å². The molecule has 0 fully saturated rings. The number of hydrogen-bond donors (Lipinski definition) is 1. The molecule has 3 atom stereocenters. The molecule has 0 radical (unpaired) electrons. The summed E-state index contributed by atoms with van der Waals surface area (Å²) in [5.41, 5.74) is 0.525. The first-order valence-electron chi connectivity index (χ1n) is 5.69. The van der Waals surface area contributed by atoms with Crippen molar-refractivity contribution >= 4 is 15.6 Å². The Labute approximate surface area is 104 Å². The first-order chi connectivity index (χ1) is 7.61. The maximum absolute atomic E-state index is 11.4. The molecule has 0 heterocycles. The fourth-order valence-electron chi connectivity index (χ4n) is 1.48. The maximum Gasteiger partial charge on any atom is 0.153 e. The lowest BCUT2D eigenvalue weighted by Crippen LogP contribution is -2.27. The van der Waals surface area contributed by atoms with Gasteiger partial charge < -0.3 is 5.11 Å². The van der Waals surface area contributed by atoms with Crippen molar-refractivity contribution in [3.63, 3.8) is 0 Å². The van der Waals surface area contributed by atoms with Gasteiger partial charge >= 0.3 is 0 Å². The number of hydrogen-bond acceptors (Lipinski definition) is 4. The second-order valence-corrected chi connectivity index (χ2v) is 6.90. The summed E-state index contributed by atoms with van der Waals surface area (Å²) in [5.74, 6) is -0.528. The first kappa shape index (κ1) is 16.3. The van der Waals surface area contributed by atoms with E-state index < -0.39 is 27.1 Å². The molecular weight excluding hydrogens is 240 g/mol. The zero-order valence-corrected chi connectivity index (χ0v) is 11.9. The molecule has 0 aromatic heterocycles. The van der Waals surface area contributed by atoms with Gasteiger partial charge in [0, 0.05) is 18.6 Å². The number of aliphatic hydroxyl groups excluding tert-OH is 1. The number of aliphatic hydroxyl groups is 1. The molecule has 17 heavy (non-hydrogen) atoms. The summed E-state index contributed by atoms with van der Waals surface area (Å²) in [6.45, 7) is 6.59. The van der Waals surface area contributed by atoms with Crippen molar-refractivity contribution in [2.24, 2.45) is 5.92 Å². The summed E-state index contributed by atoms with van der Waals surface area (Å²) < 4.78 is 22.5. The highest BCUT2D eigenvalue weighted by Gasteiger charge is 2.23. The lowest BCUT2D eigenvalue weighted by atomic mass is 9.93. The Balaban J connectivity index is 4.88. The van der Waals surface area contributed by atoms with Crippen LogP contribution in [-0.4, -0.2) is 36.9 Å². The number of sulfone groups is 1. The van der Waals surface area contributed by atoms with Crippen molar-refractivity contribution in [3.8, 4) is 0 Å². The highest BCUT2D eigenvalue weighted by molar-refractivity contribution is 7.91. The van der Waals surface area contributed by atoms with Crippen molar-refractivity contribution in [1.82, 2.24) is 0 Å². The Morgan fingerprint density at radius 3 is 2.18 bits per heavy atom. The lowest BCUT2D eigenvalue weighted by molar-refractivity contribution is -0.124. The van der Waals surface area contributed by atoms with Crippen LogP contribution in [0.1, 0.15) is 34.1 Å². The van der Waals surface area contributed by atoms with Crippen LogP contribution in [0.4, 0.5) is 0 Å². The van der Waals surface area contributed by atoms with Gasteiger partial charge in [-0.25, -0.2) is 8.42 Å². The third kappa shape index (κ3) is 5.00. The van der Waals surface area contributed by atoms with Crippen LogP contribution in [0.5, 0.6) is 0 Å². The molecule has 0 aromatic carbocycles. The second-order valence-electron chi connectivity index (χ2n) is 4.50. The average Bonchev–Trinajstić information content (AvgIpc) is 2.24. The van der Waals surface area contributed by atoms with Crippen LogP contribution in [0.3, 0.4) is 0 Å². The van der Waals surface area contributed by atoms with E-state index in [4.69, 9.17) is 0 Å². The van der Waals surface area contributed by atoms with Crippen LogP contribution >= 0.6 is 0 Å². The third-order valence-corrected chi connectivity index (χ3v) is 4.46. The fourth-order valence-corrected chi connectivity index (χ4v) is 1.95. The van der Waals surface area contributed by atoms with E-state index in [0.29, 0.717) is 12.0 Å². The highest BCUT2D eigenvalue weighted by atomic mass is 32.2. The number of carbonyl (C=O) groups excluding carboxylic acids is 1. The van der Waals surface area contributed by atoms with Crippen LogP contribution in [0.25, 0.3) is 0 Å². The molecule has 0 unspecified atom stereocenters. The first-order valence-corrected chi connectivity index (χ1v) is 7.64. The van der Waals surface area contributed by atoms with Crippen molar-refractivity contribution in [2.45, 2.75) is 45.5 Å². The molecule has 100 valence electrons. The Hall–Kier alpha value is -0.680. The van der Waals surface area contributed by atoms with E-state index in [1.807, 2.05) is 0 Å². The molecule has 0 bridgehead atoms. The molecule has 0 aliphatic rings. The normalized spacial score (nSPS) is 18.6. The van der Waals surface area contributed by atoms with E-state index in [-0.39, 0.29) is 5.78 Å². The highest BCUT2D eigenvalue weighted by Crippen LogP contribution is 2.16. The van der Waals surface area contributed by atoms with Gasteiger partial charge in [-0.2, -0.15) is 0 Å². The van der Waals surface area contributed by atoms with E-state index in [0.717, 1.165) is 6.26 Å². The van der Waals surface area contributed by atoms with E-state index in [9.17, 15) is 18.3 Å². The minimum absolute atomic E-state index is 0.0303. The van der Waals surface area contributed by atoms with Crippen LogP contribution in [0.15, 0.2) is 11.6 Å². The summed E-state index contributed by atoms with van der Waals surface area (Å²) in [5, 5.41) is 9.27. The molecule has 0 aromatic rings. The summed E-state index contributed by atoms with van der Waals surface area (Å²) >= 11 is 0. The summed E-state index contributed by atoms with van der Waals surface area (Å²) in [4.78, 5) is 11.4. The molecular formula is C12H22O4S. The smallest absolute Gasteiger partial charge is 0.153 e. The predicted molar refractivity (Wildman–Crippen MR) is 68.5 cm³/mol. The van der Waals surface area contributed by atoms with Gasteiger partial charge in [-0.1, -0.05) is 19.9 Å². The van der Waals surface area contributed by atoms with Gasteiger partial charge in [0.2, 0.25) is 0 Å². The molecule has 0 amide bonds. The Morgan fingerprint density at radius 1 is 1.35 bits per heavy atom. The molecule has 0 saturated heterocycles. The van der Waals surface area contributed by atoms with E-state index >= 15 is 0 Å². The van der Waals surface area contributed by atoms with Gasteiger partial charge in [-0.15, -0.1) is 0 Å². The summed E-state index contributed by atoms with van der Waals surface area (Å²) in [6, 6.07) is 0. The zero-order valence-electron chi connectivity index (χ0n) is 11.1. The van der Waals surface area contributed by atoms with Crippen molar-refractivity contribution < 1.29 is 18.3 Å². The molecule has 0 spiro atoms. The van der Waals surface area contributed by atoms with Crippen molar-refractivity contribution in [3.05, 3.63) is 11.6 Å². The Kier molecular flexibility index (Phi) is 6.05. The number of ketones is 1. The zero-order chi connectivity index (χ0) is 13.8. The summed E-state index contributed by atoms with van der Waals surface area (Å²) in [7, 11) is -3.16. The van der Waals surface area contributed by atoms with Crippen molar-refractivity contribution in [1.29, 1.82) is 0 Å².